The standard InChI is InChI=1S/C24H30BrN3O4S/c25-19-14-21(33-16-19)23(30)27-20(24(31)32)6-7-22(29)26-11-8-17-9-12-28(13-10-17)15-18-4-2-1-3-5-18/h1-5,14,16-17,20H,6-13,15H2,(H,26,29)(H,27,30)(H,31,32). The summed E-state index contributed by atoms with van der Waals surface area (Å²) in [4.78, 5) is 38.8. The fraction of sp³-hybridized carbons (Fsp3) is 0.458. The first kappa shape index (κ1) is 25.4. The van der Waals surface area contributed by atoms with Crippen LogP contribution in [0.3, 0.4) is 0 Å². The van der Waals surface area contributed by atoms with E-state index >= 15 is 0 Å². The number of carbonyl (C=O) groups is 3. The molecule has 0 spiro atoms. The van der Waals surface area contributed by atoms with Crippen LogP contribution < -0.4 is 10.6 Å². The molecule has 178 valence electrons. The monoisotopic (exact) mass is 535 g/mol. The van der Waals surface area contributed by atoms with Crippen molar-refractivity contribution in [3.8, 4) is 0 Å². The average molecular weight is 536 g/mol. The van der Waals surface area contributed by atoms with Crippen LogP contribution in [0.1, 0.15) is 47.3 Å². The van der Waals surface area contributed by atoms with Gasteiger partial charge in [-0.05, 0) is 72.3 Å². The Bertz CT molecular complexity index is 929. The van der Waals surface area contributed by atoms with Gasteiger partial charge in [-0.3, -0.25) is 14.5 Å². The van der Waals surface area contributed by atoms with Gasteiger partial charge in [0.05, 0.1) is 4.88 Å². The van der Waals surface area contributed by atoms with Gasteiger partial charge in [0.25, 0.3) is 5.91 Å². The Morgan fingerprint density at radius 1 is 1.18 bits per heavy atom. The SMILES string of the molecule is O=C(CCC(NC(=O)c1cc(Br)cs1)C(=O)O)NCCC1CCN(Cc2ccccc2)CC1. The first-order chi connectivity index (χ1) is 15.9. The highest BCUT2D eigenvalue weighted by molar-refractivity contribution is 9.10. The van der Waals surface area contributed by atoms with Gasteiger partial charge in [-0.25, -0.2) is 4.79 Å². The number of halogens is 1. The zero-order valence-electron chi connectivity index (χ0n) is 18.5. The Morgan fingerprint density at radius 2 is 1.91 bits per heavy atom. The van der Waals surface area contributed by atoms with Crippen LogP contribution in [-0.2, 0) is 16.1 Å². The van der Waals surface area contributed by atoms with E-state index in [4.69, 9.17) is 0 Å². The molecule has 2 aromatic rings. The number of benzene rings is 1. The molecule has 0 aliphatic carbocycles. The number of rotatable bonds is 11. The number of hydrogen-bond donors (Lipinski definition) is 3. The maximum Gasteiger partial charge on any atom is 0.326 e. The molecule has 0 saturated carbocycles. The molecule has 1 unspecified atom stereocenters. The van der Waals surface area contributed by atoms with Crippen LogP contribution in [0.2, 0.25) is 0 Å². The lowest BCUT2D eigenvalue weighted by Gasteiger charge is -2.32. The van der Waals surface area contributed by atoms with Gasteiger partial charge in [0, 0.05) is 29.4 Å². The summed E-state index contributed by atoms with van der Waals surface area (Å²) < 4.78 is 0.769. The summed E-state index contributed by atoms with van der Waals surface area (Å²) >= 11 is 4.50. The van der Waals surface area contributed by atoms with Crippen molar-refractivity contribution in [1.29, 1.82) is 0 Å². The smallest absolute Gasteiger partial charge is 0.326 e. The highest BCUT2D eigenvalue weighted by Gasteiger charge is 2.23. The van der Waals surface area contributed by atoms with Gasteiger partial charge in [-0.15, -0.1) is 11.3 Å². The highest BCUT2D eigenvalue weighted by Crippen LogP contribution is 2.22. The number of nitrogens with zero attached hydrogens (tertiary/aromatic N) is 1. The second-order valence-corrected chi connectivity index (χ2v) is 10.2. The number of carboxylic acid groups (broad SMARTS) is 1. The molecule has 2 amide bonds. The first-order valence-corrected chi connectivity index (χ1v) is 12.9. The van der Waals surface area contributed by atoms with Crippen LogP contribution in [0.5, 0.6) is 0 Å². The summed E-state index contributed by atoms with van der Waals surface area (Å²) in [5.41, 5.74) is 1.34. The molecule has 2 heterocycles. The van der Waals surface area contributed by atoms with E-state index in [9.17, 15) is 19.5 Å². The minimum atomic E-state index is -1.14. The topological polar surface area (TPSA) is 98.7 Å². The number of carboxylic acids is 1. The van der Waals surface area contributed by atoms with Crippen molar-refractivity contribution in [3.63, 3.8) is 0 Å². The molecule has 9 heteroatoms. The van der Waals surface area contributed by atoms with Crippen molar-refractivity contribution in [1.82, 2.24) is 15.5 Å². The van der Waals surface area contributed by atoms with E-state index in [1.165, 1.54) is 16.9 Å². The molecule has 0 bridgehead atoms. The fourth-order valence-corrected chi connectivity index (χ4v) is 5.30. The van der Waals surface area contributed by atoms with Gasteiger partial charge in [-0.1, -0.05) is 30.3 Å². The summed E-state index contributed by atoms with van der Waals surface area (Å²) in [6.45, 7) is 3.70. The number of amides is 2. The van der Waals surface area contributed by atoms with E-state index in [2.05, 4.69) is 55.7 Å². The third-order valence-electron chi connectivity index (χ3n) is 5.89. The van der Waals surface area contributed by atoms with Crippen LogP contribution in [0, 0.1) is 5.92 Å². The number of hydrogen-bond acceptors (Lipinski definition) is 5. The number of carbonyl (C=O) groups excluding carboxylic acids is 2. The first-order valence-electron chi connectivity index (χ1n) is 11.2. The summed E-state index contributed by atoms with van der Waals surface area (Å²) in [5, 5.41) is 16.5. The predicted octanol–water partition coefficient (Wildman–Crippen LogP) is 3.89. The molecule has 1 fully saturated rings. The maximum absolute atomic E-state index is 12.2. The number of thiophene rings is 1. The third-order valence-corrected chi connectivity index (χ3v) is 7.58. The van der Waals surface area contributed by atoms with Crippen LogP contribution in [-0.4, -0.2) is 53.5 Å². The molecule has 1 saturated heterocycles. The van der Waals surface area contributed by atoms with Gasteiger partial charge in [0.1, 0.15) is 6.04 Å². The normalized spacial score (nSPS) is 15.7. The zero-order valence-corrected chi connectivity index (χ0v) is 20.9. The van der Waals surface area contributed by atoms with Crippen molar-refractivity contribution < 1.29 is 19.5 Å². The maximum atomic E-state index is 12.2. The van der Waals surface area contributed by atoms with Gasteiger partial charge >= 0.3 is 5.97 Å². The number of likely N-dealkylation sites (tertiary alicyclic amines) is 1. The number of aliphatic carboxylic acids is 1. The average Bonchev–Trinajstić information content (AvgIpc) is 3.24. The molecule has 3 rings (SSSR count). The van der Waals surface area contributed by atoms with E-state index in [1.807, 2.05) is 6.07 Å². The summed E-state index contributed by atoms with van der Waals surface area (Å²) in [6, 6.07) is 11.0. The lowest BCUT2D eigenvalue weighted by atomic mass is 9.93. The Kier molecular flexibility index (Phi) is 9.90. The van der Waals surface area contributed by atoms with Gasteiger partial charge in [0.2, 0.25) is 5.91 Å². The molecule has 1 aliphatic rings. The lowest BCUT2D eigenvalue weighted by Crippen LogP contribution is -2.41. The predicted molar refractivity (Wildman–Crippen MR) is 132 cm³/mol. The Balaban J connectivity index is 1.31. The zero-order chi connectivity index (χ0) is 23.6. The largest absolute Gasteiger partial charge is 0.480 e. The molecule has 3 N–H and O–H groups in total. The summed E-state index contributed by atoms with van der Waals surface area (Å²) in [5.74, 6) is -1.18. The Morgan fingerprint density at radius 3 is 2.55 bits per heavy atom. The number of piperidine rings is 1. The summed E-state index contributed by atoms with van der Waals surface area (Å²) in [6.07, 6.45) is 3.28. The molecule has 1 aromatic carbocycles. The molecular weight excluding hydrogens is 506 g/mol. The van der Waals surface area contributed by atoms with Crippen molar-refractivity contribution in [2.75, 3.05) is 19.6 Å². The Hall–Kier alpha value is -2.23. The molecule has 1 aliphatic heterocycles. The minimum absolute atomic E-state index is 0.0529. The van der Waals surface area contributed by atoms with Crippen LogP contribution >= 0.6 is 27.3 Å². The second-order valence-electron chi connectivity index (χ2n) is 8.38. The van der Waals surface area contributed by atoms with E-state index in [1.54, 1.807) is 11.4 Å². The Labute approximate surface area is 206 Å². The van der Waals surface area contributed by atoms with Gasteiger partial charge in [0.15, 0.2) is 0 Å². The van der Waals surface area contributed by atoms with E-state index in [0.717, 1.165) is 43.4 Å². The van der Waals surface area contributed by atoms with Crippen LogP contribution in [0.4, 0.5) is 0 Å². The molecule has 33 heavy (non-hydrogen) atoms. The van der Waals surface area contributed by atoms with E-state index in [0.29, 0.717) is 17.3 Å². The van der Waals surface area contributed by atoms with Gasteiger partial charge < -0.3 is 15.7 Å². The van der Waals surface area contributed by atoms with Crippen LogP contribution in [0.25, 0.3) is 0 Å². The van der Waals surface area contributed by atoms with Crippen molar-refractivity contribution in [3.05, 3.63) is 56.7 Å². The third kappa shape index (κ3) is 8.57. The quantitative estimate of drug-likeness (QED) is 0.405. The molecular formula is C24H30BrN3O4S. The lowest BCUT2D eigenvalue weighted by molar-refractivity contribution is -0.139. The highest BCUT2D eigenvalue weighted by atomic mass is 79.9. The van der Waals surface area contributed by atoms with Gasteiger partial charge in [-0.2, -0.15) is 0 Å². The van der Waals surface area contributed by atoms with Crippen molar-refractivity contribution >= 4 is 45.1 Å². The molecule has 1 atom stereocenters. The van der Waals surface area contributed by atoms with Crippen molar-refractivity contribution in [2.45, 2.75) is 44.7 Å². The minimum Gasteiger partial charge on any atom is -0.480 e. The molecule has 7 nitrogen and oxygen atoms in total. The molecule has 0 radical (unpaired) electrons. The summed E-state index contributed by atoms with van der Waals surface area (Å²) in [7, 11) is 0. The molecule has 1 aromatic heterocycles. The van der Waals surface area contributed by atoms with Crippen molar-refractivity contribution in [2.24, 2.45) is 5.92 Å². The van der Waals surface area contributed by atoms with E-state index in [-0.39, 0.29) is 18.7 Å². The second kappa shape index (κ2) is 12.9. The van der Waals surface area contributed by atoms with Crippen LogP contribution in [0.15, 0.2) is 46.3 Å². The fourth-order valence-electron chi connectivity index (χ4n) is 3.97. The number of nitrogens with one attached hydrogen (secondary N) is 2. The van der Waals surface area contributed by atoms with E-state index < -0.39 is 17.9 Å².